The lowest BCUT2D eigenvalue weighted by Gasteiger charge is -2.08. The Kier molecular flexibility index (Phi) is 5.64. The van der Waals surface area contributed by atoms with Crippen LogP contribution in [0.5, 0.6) is 0 Å². The molecular formula is C22H23N3O. The van der Waals surface area contributed by atoms with Gasteiger partial charge in [-0.2, -0.15) is 0 Å². The summed E-state index contributed by atoms with van der Waals surface area (Å²) >= 11 is 0. The predicted molar refractivity (Wildman–Crippen MR) is 105 cm³/mol. The maximum atomic E-state index is 12.2. The summed E-state index contributed by atoms with van der Waals surface area (Å²) in [5, 5.41) is 6.21. The lowest BCUT2D eigenvalue weighted by atomic mass is 10.1. The first-order valence-corrected chi connectivity index (χ1v) is 8.69. The van der Waals surface area contributed by atoms with Gasteiger partial charge < -0.3 is 10.6 Å². The molecule has 3 rings (SSSR count). The Hall–Kier alpha value is -3.14. The molecule has 0 atom stereocenters. The van der Waals surface area contributed by atoms with Crippen molar-refractivity contribution in [1.29, 1.82) is 0 Å². The summed E-state index contributed by atoms with van der Waals surface area (Å²) in [6, 6.07) is 20.1. The van der Waals surface area contributed by atoms with Crippen LogP contribution in [0.1, 0.15) is 32.7 Å². The monoisotopic (exact) mass is 345 g/mol. The minimum absolute atomic E-state index is 0.171. The fraction of sp³-hybridized carbons (Fsp3) is 0.182. The average Bonchev–Trinajstić information content (AvgIpc) is 2.67. The molecule has 0 aliphatic heterocycles. The number of nitrogens with zero attached hydrogens (tertiary/aromatic N) is 1. The molecule has 0 radical (unpaired) electrons. The Morgan fingerprint density at radius 1 is 0.808 bits per heavy atom. The zero-order valence-electron chi connectivity index (χ0n) is 15.1. The molecule has 1 aromatic heterocycles. The molecule has 26 heavy (non-hydrogen) atoms. The van der Waals surface area contributed by atoms with E-state index >= 15 is 0 Å². The normalized spacial score (nSPS) is 10.4. The molecule has 1 heterocycles. The molecule has 4 heteroatoms. The summed E-state index contributed by atoms with van der Waals surface area (Å²) in [5.74, 6) is -0.171. The average molecular weight is 345 g/mol. The summed E-state index contributed by atoms with van der Waals surface area (Å²) in [5.41, 5.74) is 6.03. The van der Waals surface area contributed by atoms with Gasteiger partial charge in [0.2, 0.25) is 0 Å². The Bertz CT molecular complexity index is 853. The maximum absolute atomic E-state index is 12.2. The van der Waals surface area contributed by atoms with Gasteiger partial charge in [-0.25, -0.2) is 4.98 Å². The molecule has 0 aliphatic carbocycles. The van der Waals surface area contributed by atoms with Gasteiger partial charge in [0.15, 0.2) is 0 Å². The van der Waals surface area contributed by atoms with Gasteiger partial charge in [-0.3, -0.25) is 4.79 Å². The smallest absolute Gasteiger partial charge is 0.270 e. The predicted octanol–water partition coefficient (Wildman–Crippen LogP) is 4.24. The second-order valence-corrected chi connectivity index (χ2v) is 6.44. The summed E-state index contributed by atoms with van der Waals surface area (Å²) in [6.07, 6.45) is 1.69. The van der Waals surface area contributed by atoms with Gasteiger partial charge in [0, 0.05) is 13.1 Å². The van der Waals surface area contributed by atoms with E-state index < -0.39 is 0 Å². The number of rotatable bonds is 6. The standard InChI is InChI=1S/C22H23N3O/c1-16-3-7-18(8-4-16)13-23-20-11-12-21(24-15-20)22(26)25-14-19-9-5-17(2)6-10-19/h3-12,15,23H,13-14H2,1-2H3,(H,25,26). The molecule has 0 saturated heterocycles. The number of hydrogen-bond donors (Lipinski definition) is 2. The zero-order valence-corrected chi connectivity index (χ0v) is 15.1. The molecule has 3 aromatic rings. The van der Waals surface area contributed by atoms with Crippen LogP contribution >= 0.6 is 0 Å². The van der Waals surface area contributed by atoms with Crippen LogP contribution in [-0.2, 0) is 13.1 Å². The fourth-order valence-electron chi connectivity index (χ4n) is 2.52. The van der Waals surface area contributed by atoms with Crippen molar-refractivity contribution in [2.45, 2.75) is 26.9 Å². The highest BCUT2D eigenvalue weighted by molar-refractivity contribution is 5.92. The molecule has 1 amide bonds. The van der Waals surface area contributed by atoms with Crippen molar-refractivity contribution in [3.8, 4) is 0 Å². The van der Waals surface area contributed by atoms with Crippen LogP contribution in [-0.4, -0.2) is 10.9 Å². The van der Waals surface area contributed by atoms with Crippen molar-refractivity contribution in [3.63, 3.8) is 0 Å². The number of hydrogen-bond acceptors (Lipinski definition) is 3. The van der Waals surface area contributed by atoms with Crippen molar-refractivity contribution in [2.24, 2.45) is 0 Å². The number of carbonyl (C=O) groups is 1. The Balaban J connectivity index is 1.52. The van der Waals surface area contributed by atoms with E-state index in [2.05, 4.69) is 46.8 Å². The second-order valence-electron chi connectivity index (χ2n) is 6.44. The topological polar surface area (TPSA) is 54.0 Å². The SMILES string of the molecule is Cc1ccc(CNC(=O)c2ccc(NCc3ccc(C)cc3)cn2)cc1. The number of carbonyl (C=O) groups excluding carboxylic acids is 1. The van der Waals surface area contributed by atoms with E-state index in [1.807, 2.05) is 37.3 Å². The molecule has 2 aromatic carbocycles. The number of pyridine rings is 1. The van der Waals surface area contributed by atoms with E-state index in [1.165, 1.54) is 16.7 Å². The van der Waals surface area contributed by atoms with Gasteiger partial charge in [-0.05, 0) is 37.1 Å². The Labute approximate surface area is 154 Å². The highest BCUT2D eigenvalue weighted by atomic mass is 16.1. The lowest BCUT2D eigenvalue weighted by Crippen LogP contribution is -2.23. The number of anilines is 1. The highest BCUT2D eigenvalue weighted by Gasteiger charge is 2.07. The molecule has 0 spiro atoms. The highest BCUT2D eigenvalue weighted by Crippen LogP contribution is 2.10. The van der Waals surface area contributed by atoms with E-state index in [0.717, 1.165) is 17.8 Å². The van der Waals surface area contributed by atoms with Gasteiger partial charge in [-0.1, -0.05) is 59.7 Å². The van der Waals surface area contributed by atoms with Crippen molar-refractivity contribution in [3.05, 3.63) is 94.8 Å². The zero-order chi connectivity index (χ0) is 18.4. The molecule has 0 saturated carbocycles. The number of aromatic nitrogens is 1. The first kappa shape index (κ1) is 17.7. The summed E-state index contributed by atoms with van der Waals surface area (Å²) in [4.78, 5) is 16.5. The van der Waals surface area contributed by atoms with Gasteiger partial charge in [0.1, 0.15) is 5.69 Å². The van der Waals surface area contributed by atoms with Crippen LogP contribution < -0.4 is 10.6 Å². The van der Waals surface area contributed by atoms with Crippen LogP contribution in [0.2, 0.25) is 0 Å². The van der Waals surface area contributed by atoms with E-state index in [-0.39, 0.29) is 5.91 Å². The maximum Gasteiger partial charge on any atom is 0.270 e. The van der Waals surface area contributed by atoms with Crippen molar-refractivity contribution >= 4 is 11.6 Å². The number of amides is 1. The number of benzene rings is 2. The van der Waals surface area contributed by atoms with E-state index in [9.17, 15) is 4.79 Å². The Morgan fingerprint density at radius 2 is 1.38 bits per heavy atom. The Morgan fingerprint density at radius 3 is 1.92 bits per heavy atom. The molecule has 0 unspecified atom stereocenters. The van der Waals surface area contributed by atoms with Crippen LogP contribution in [0.3, 0.4) is 0 Å². The quantitative estimate of drug-likeness (QED) is 0.702. The third-order valence-corrected chi connectivity index (χ3v) is 4.19. The van der Waals surface area contributed by atoms with Crippen LogP contribution in [0.25, 0.3) is 0 Å². The number of aryl methyl sites for hydroxylation is 2. The van der Waals surface area contributed by atoms with Crippen LogP contribution in [0.15, 0.2) is 66.9 Å². The molecule has 0 bridgehead atoms. The van der Waals surface area contributed by atoms with Gasteiger partial charge >= 0.3 is 0 Å². The second kappa shape index (κ2) is 8.30. The third-order valence-electron chi connectivity index (χ3n) is 4.19. The third kappa shape index (κ3) is 4.93. The van der Waals surface area contributed by atoms with Gasteiger partial charge in [0.25, 0.3) is 5.91 Å². The van der Waals surface area contributed by atoms with Gasteiger partial charge in [0.05, 0.1) is 11.9 Å². The van der Waals surface area contributed by atoms with Crippen LogP contribution in [0.4, 0.5) is 5.69 Å². The number of nitrogens with one attached hydrogen (secondary N) is 2. The molecule has 132 valence electrons. The fourth-order valence-corrected chi connectivity index (χ4v) is 2.52. The van der Waals surface area contributed by atoms with Crippen molar-refractivity contribution in [2.75, 3.05) is 5.32 Å². The molecular weight excluding hydrogens is 322 g/mol. The van der Waals surface area contributed by atoms with E-state index in [4.69, 9.17) is 0 Å². The molecule has 4 nitrogen and oxygen atoms in total. The first-order valence-electron chi connectivity index (χ1n) is 8.69. The molecule has 0 fully saturated rings. The first-order chi connectivity index (χ1) is 12.6. The van der Waals surface area contributed by atoms with Crippen molar-refractivity contribution in [1.82, 2.24) is 10.3 Å². The lowest BCUT2D eigenvalue weighted by molar-refractivity contribution is 0.0946. The molecule has 2 N–H and O–H groups in total. The van der Waals surface area contributed by atoms with Gasteiger partial charge in [-0.15, -0.1) is 0 Å². The summed E-state index contributed by atoms with van der Waals surface area (Å²) in [6.45, 7) is 5.33. The van der Waals surface area contributed by atoms with Crippen LogP contribution in [0, 0.1) is 13.8 Å². The van der Waals surface area contributed by atoms with E-state index in [0.29, 0.717) is 12.2 Å². The van der Waals surface area contributed by atoms with Crippen molar-refractivity contribution < 1.29 is 4.79 Å². The summed E-state index contributed by atoms with van der Waals surface area (Å²) < 4.78 is 0. The minimum atomic E-state index is -0.171. The molecule has 0 aliphatic rings. The van der Waals surface area contributed by atoms with E-state index in [1.54, 1.807) is 12.3 Å². The largest absolute Gasteiger partial charge is 0.380 e. The summed E-state index contributed by atoms with van der Waals surface area (Å²) in [7, 11) is 0. The minimum Gasteiger partial charge on any atom is -0.380 e.